The lowest BCUT2D eigenvalue weighted by atomic mass is 10.0. The van der Waals surface area contributed by atoms with Gasteiger partial charge in [0.2, 0.25) is 0 Å². The maximum atomic E-state index is 11.7. The molecule has 0 aromatic carbocycles. The monoisotopic (exact) mass is 410 g/mol. The van der Waals surface area contributed by atoms with Crippen LogP contribution in [0, 0.1) is 0 Å². The zero-order valence-electron chi connectivity index (χ0n) is 19.6. The van der Waals surface area contributed by atoms with Crippen molar-refractivity contribution in [2.75, 3.05) is 13.2 Å². The van der Waals surface area contributed by atoms with Crippen LogP contribution in [0.25, 0.3) is 0 Å². The molecular formula is C26H50O3. The Balaban J connectivity index is 1.66. The van der Waals surface area contributed by atoms with E-state index in [1.54, 1.807) is 0 Å². The minimum Gasteiger partial charge on any atom is -0.466 e. The topological polar surface area (TPSA) is 38.8 Å². The van der Waals surface area contributed by atoms with Crippen LogP contribution in [0.1, 0.15) is 142 Å². The lowest BCUT2D eigenvalue weighted by molar-refractivity contribution is -0.143. The van der Waals surface area contributed by atoms with Gasteiger partial charge in [0.05, 0.1) is 19.3 Å². The molecule has 1 aliphatic heterocycles. The number of hydrogen-bond acceptors (Lipinski definition) is 3. The van der Waals surface area contributed by atoms with E-state index in [0.717, 1.165) is 19.4 Å². The predicted molar refractivity (Wildman–Crippen MR) is 123 cm³/mol. The largest absolute Gasteiger partial charge is 0.466 e. The third kappa shape index (κ3) is 20.5. The number of unbranched alkanes of at least 4 members (excludes halogenated alkanes) is 17. The molecule has 1 fully saturated rings. The second-order valence-corrected chi connectivity index (χ2v) is 9.08. The van der Waals surface area contributed by atoms with Gasteiger partial charge in [0.15, 0.2) is 0 Å². The fourth-order valence-corrected chi connectivity index (χ4v) is 3.96. The molecule has 1 aliphatic rings. The quantitative estimate of drug-likeness (QED) is 0.0969. The highest BCUT2D eigenvalue weighted by Crippen LogP contribution is 2.18. The van der Waals surface area contributed by atoms with Gasteiger partial charge >= 0.3 is 5.97 Å². The molecule has 3 nitrogen and oxygen atoms in total. The van der Waals surface area contributed by atoms with Crippen molar-refractivity contribution in [3.05, 3.63) is 0 Å². The van der Waals surface area contributed by atoms with Crippen LogP contribution in [-0.4, -0.2) is 25.3 Å². The number of hydrogen-bond donors (Lipinski definition) is 0. The summed E-state index contributed by atoms with van der Waals surface area (Å²) in [7, 11) is 0. The zero-order valence-corrected chi connectivity index (χ0v) is 19.6. The van der Waals surface area contributed by atoms with Crippen molar-refractivity contribution >= 4 is 5.97 Å². The second kappa shape index (κ2) is 20.7. The fraction of sp³-hybridized carbons (Fsp3) is 0.962. The number of carbonyl (C=O) groups is 1. The van der Waals surface area contributed by atoms with Crippen molar-refractivity contribution in [1.29, 1.82) is 0 Å². The first-order chi connectivity index (χ1) is 14.3. The number of esters is 1. The molecule has 1 rings (SSSR count). The van der Waals surface area contributed by atoms with Crippen molar-refractivity contribution in [2.24, 2.45) is 0 Å². The average molecular weight is 411 g/mol. The molecule has 0 bridgehead atoms. The summed E-state index contributed by atoms with van der Waals surface area (Å²) in [5, 5.41) is 0. The van der Waals surface area contributed by atoms with Crippen LogP contribution in [0.15, 0.2) is 0 Å². The molecule has 1 heterocycles. The van der Waals surface area contributed by atoms with Gasteiger partial charge in [-0.15, -0.1) is 0 Å². The minimum atomic E-state index is 0.0134. The van der Waals surface area contributed by atoms with Crippen molar-refractivity contribution in [3.63, 3.8) is 0 Å². The van der Waals surface area contributed by atoms with Crippen LogP contribution in [0.5, 0.6) is 0 Å². The van der Waals surface area contributed by atoms with Crippen LogP contribution in [0.2, 0.25) is 0 Å². The van der Waals surface area contributed by atoms with Gasteiger partial charge < -0.3 is 9.47 Å². The van der Waals surface area contributed by atoms with E-state index in [-0.39, 0.29) is 5.97 Å². The summed E-state index contributed by atoms with van der Waals surface area (Å²) in [5.41, 5.74) is 0. The van der Waals surface area contributed by atoms with Crippen LogP contribution in [0.4, 0.5) is 0 Å². The van der Waals surface area contributed by atoms with Crippen LogP contribution in [-0.2, 0) is 14.3 Å². The molecule has 0 N–H and O–H groups in total. The highest BCUT2D eigenvalue weighted by molar-refractivity contribution is 5.69. The van der Waals surface area contributed by atoms with Crippen molar-refractivity contribution < 1.29 is 14.3 Å². The summed E-state index contributed by atoms with van der Waals surface area (Å²) in [6, 6.07) is 0. The van der Waals surface area contributed by atoms with Crippen LogP contribution >= 0.6 is 0 Å². The Kier molecular flexibility index (Phi) is 18.9. The van der Waals surface area contributed by atoms with Gasteiger partial charge in [-0.3, -0.25) is 4.79 Å². The molecule has 3 heteroatoms. The molecule has 0 amide bonds. The highest BCUT2D eigenvalue weighted by Gasteiger charge is 2.20. The van der Waals surface area contributed by atoms with Crippen molar-refractivity contribution in [2.45, 2.75) is 148 Å². The molecule has 1 unspecified atom stereocenters. The first-order valence-corrected chi connectivity index (χ1v) is 13.1. The Morgan fingerprint density at radius 1 is 0.690 bits per heavy atom. The maximum Gasteiger partial charge on any atom is 0.305 e. The number of carbonyl (C=O) groups excluding carboxylic acids is 1. The summed E-state index contributed by atoms with van der Waals surface area (Å²) in [5.74, 6) is 0.0134. The first kappa shape index (κ1) is 26.5. The van der Waals surface area contributed by atoms with E-state index in [2.05, 4.69) is 6.92 Å². The average Bonchev–Trinajstić information content (AvgIpc) is 3.54. The van der Waals surface area contributed by atoms with Gasteiger partial charge in [-0.2, -0.15) is 0 Å². The van der Waals surface area contributed by atoms with Gasteiger partial charge in [-0.05, 0) is 19.3 Å². The van der Waals surface area contributed by atoms with Gasteiger partial charge in [0.1, 0.15) is 0 Å². The van der Waals surface area contributed by atoms with E-state index < -0.39 is 0 Å². The molecule has 0 aromatic rings. The number of ether oxygens (including phenoxy) is 2. The summed E-state index contributed by atoms with van der Waals surface area (Å²) in [6.07, 6.45) is 27.3. The maximum absolute atomic E-state index is 11.7. The van der Waals surface area contributed by atoms with E-state index in [0.29, 0.717) is 19.1 Å². The Morgan fingerprint density at radius 2 is 1.14 bits per heavy atom. The summed E-state index contributed by atoms with van der Waals surface area (Å²) in [4.78, 5) is 11.7. The normalized spacial score (nSPS) is 15.6. The molecule has 1 atom stereocenters. The Bertz CT molecular complexity index is 352. The van der Waals surface area contributed by atoms with Gasteiger partial charge in [-0.1, -0.05) is 116 Å². The predicted octanol–water partition coefficient (Wildman–Crippen LogP) is 8.14. The third-order valence-corrected chi connectivity index (χ3v) is 6.07. The first-order valence-electron chi connectivity index (χ1n) is 13.1. The second-order valence-electron chi connectivity index (χ2n) is 9.08. The van der Waals surface area contributed by atoms with E-state index in [9.17, 15) is 4.79 Å². The van der Waals surface area contributed by atoms with E-state index in [1.165, 1.54) is 116 Å². The van der Waals surface area contributed by atoms with E-state index in [4.69, 9.17) is 9.47 Å². The summed E-state index contributed by atoms with van der Waals surface area (Å²) in [6.45, 7) is 3.88. The smallest absolute Gasteiger partial charge is 0.305 e. The molecular weight excluding hydrogens is 360 g/mol. The van der Waals surface area contributed by atoms with E-state index in [1.807, 2.05) is 0 Å². The van der Waals surface area contributed by atoms with Crippen LogP contribution in [0.3, 0.4) is 0 Å². The lowest BCUT2D eigenvalue weighted by Crippen LogP contribution is -2.05. The van der Waals surface area contributed by atoms with Crippen molar-refractivity contribution in [1.82, 2.24) is 0 Å². The zero-order chi connectivity index (χ0) is 20.8. The minimum absolute atomic E-state index is 0.0134. The number of epoxide rings is 1. The standard InChI is InChI=1S/C26H50O3/c1-2-3-4-5-17-20-23-28-26(27)22-19-16-14-12-10-8-6-7-9-11-13-15-18-21-25-24-29-25/h25H,2-24H2,1H3. The van der Waals surface area contributed by atoms with Gasteiger partial charge in [0.25, 0.3) is 0 Å². The third-order valence-electron chi connectivity index (χ3n) is 6.07. The number of rotatable bonds is 23. The van der Waals surface area contributed by atoms with Crippen molar-refractivity contribution in [3.8, 4) is 0 Å². The van der Waals surface area contributed by atoms with Crippen LogP contribution < -0.4 is 0 Å². The molecule has 0 aliphatic carbocycles. The van der Waals surface area contributed by atoms with E-state index >= 15 is 0 Å². The molecule has 29 heavy (non-hydrogen) atoms. The Hall–Kier alpha value is -0.570. The molecule has 0 spiro atoms. The highest BCUT2D eigenvalue weighted by atomic mass is 16.6. The fourth-order valence-electron chi connectivity index (χ4n) is 3.96. The SMILES string of the molecule is CCCCCCCCOC(=O)CCCCCCCCCCCCCCCC1CO1. The molecule has 172 valence electrons. The lowest BCUT2D eigenvalue weighted by Gasteiger charge is -2.05. The van der Waals surface area contributed by atoms with Gasteiger partial charge in [0, 0.05) is 6.42 Å². The molecule has 0 saturated carbocycles. The Morgan fingerprint density at radius 3 is 1.66 bits per heavy atom. The molecule has 1 saturated heterocycles. The Labute approximate surface area is 181 Å². The molecule has 0 radical (unpaired) electrons. The summed E-state index contributed by atoms with van der Waals surface area (Å²) >= 11 is 0. The summed E-state index contributed by atoms with van der Waals surface area (Å²) < 4.78 is 10.6. The molecule has 0 aromatic heterocycles. The van der Waals surface area contributed by atoms with Gasteiger partial charge in [-0.25, -0.2) is 0 Å².